The van der Waals surface area contributed by atoms with Crippen molar-refractivity contribution in [3.8, 4) is 0 Å². The number of nitrogens with one attached hydrogen (secondary N) is 1. The number of anilines is 1. The van der Waals surface area contributed by atoms with Crippen molar-refractivity contribution in [2.75, 3.05) is 18.8 Å². The van der Waals surface area contributed by atoms with Gasteiger partial charge in [0.05, 0.1) is 23.0 Å². The molecule has 1 aliphatic rings. The molecule has 1 aliphatic heterocycles. The fraction of sp³-hybridized carbons (Fsp3) is 0.368. The summed E-state index contributed by atoms with van der Waals surface area (Å²) < 4.78 is 6.37. The second-order valence-corrected chi connectivity index (χ2v) is 7.86. The van der Waals surface area contributed by atoms with E-state index in [0.717, 1.165) is 54.0 Å². The number of hydrogen-bond acceptors (Lipinski definition) is 6. The first-order valence-corrected chi connectivity index (χ1v) is 9.62. The van der Waals surface area contributed by atoms with E-state index in [0.29, 0.717) is 10.7 Å². The van der Waals surface area contributed by atoms with Gasteiger partial charge in [-0.2, -0.15) is 0 Å². The Bertz CT molecular complexity index is 911. The lowest BCUT2D eigenvalue weighted by molar-refractivity contribution is 0.0906. The van der Waals surface area contributed by atoms with Gasteiger partial charge in [-0.25, -0.2) is 4.98 Å². The zero-order chi connectivity index (χ0) is 18.1. The Morgan fingerprint density at radius 3 is 2.96 bits per heavy atom. The minimum atomic E-state index is -0.0218. The molecule has 3 aromatic rings. The molecule has 0 aliphatic carbocycles. The summed E-state index contributed by atoms with van der Waals surface area (Å²) >= 11 is 1.42. The van der Waals surface area contributed by atoms with Gasteiger partial charge in [-0.1, -0.05) is 11.3 Å². The van der Waals surface area contributed by atoms with Crippen molar-refractivity contribution in [2.24, 2.45) is 0 Å². The maximum atomic E-state index is 12.7. The Hall–Kier alpha value is -2.38. The van der Waals surface area contributed by atoms with E-state index >= 15 is 0 Å². The average molecular weight is 370 g/mol. The molecule has 3 N–H and O–H groups in total. The first kappa shape index (κ1) is 17.1. The molecule has 1 fully saturated rings. The topological polar surface area (TPSA) is 84.4 Å². The Labute approximate surface area is 156 Å². The van der Waals surface area contributed by atoms with Crippen LogP contribution in [0.5, 0.6) is 0 Å². The summed E-state index contributed by atoms with van der Waals surface area (Å²) in [6, 6.07) is 7.90. The maximum Gasteiger partial charge on any atom is 0.251 e. The predicted molar refractivity (Wildman–Crippen MR) is 103 cm³/mol. The summed E-state index contributed by atoms with van der Waals surface area (Å²) in [7, 11) is 0. The molecule has 0 radical (unpaired) electrons. The SMILES string of the molecule is Cc1cc(C(=O)NC2CCN(Cc3ccco3)CC2)cc2sc(N)nc12. The highest BCUT2D eigenvalue weighted by Gasteiger charge is 2.22. The molecule has 1 saturated heterocycles. The first-order chi connectivity index (χ1) is 12.6. The van der Waals surface area contributed by atoms with Crippen LogP contribution >= 0.6 is 11.3 Å². The van der Waals surface area contributed by atoms with E-state index in [-0.39, 0.29) is 11.9 Å². The Balaban J connectivity index is 1.37. The lowest BCUT2D eigenvalue weighted by Crippen LogP contribution is -2.44. The summed E-state index contributed by atoms with van der Waals surface area (Å²) in [6.07, 6.45) is 3.60. The smallest absolute Gasteiger partial charge is 0.251 e. The fourth-order valence-corrected chi connectivity index (χ4v) is 4.32. The van der Waals surface area contributed by atoms with Crippen molar-refractivity contribution < 1.29 is 9.21 Å². The number of amides is 1. The number of benzene rings is 1. The average Bonchev–Trinajstić information content (AvgIpc) is 3.25. The molecule has 0 saturated carbocycles. The van der Waals surface area contributed by atoms with E-state index in [9.17, 15) is 4.79 Å². The van der Waals surface area contributed by atoms with Gasteiger partial charge in [0.15, 0.2) is 5.13 Å². The quantitative estimate of drug-likeness (QED) is 0.737. The second kappa shape index (κ2) is 7.09. The Morgan fingerprint density at radius 1 is 1.42 bits per heavy atom. The van der Waals surface area contributed by atoms with Crippen LogP contribution in [0, 0.1) is 6.92 Å². The molecule has 136 valence electrons. The van der Waals surface area contributed by atoms with Crippen molar-refractivity contribution in [3.05, 3.63) is 47.4 Å². The molecule has 0 bridgehead atoms. The van der Waals surface area contributed by atoms with E-state index in [1.54, 1.807) is 6.26 Å². The summed E-state index contributed by atoms with van der Waals surface area (Å²) in [4.78, 5) is 19.3. The summed E-state index contributed by atoms with van der Waals surface area (Å²) in [6.45, 7) is 4.70. The zero-order valence-electron chi connectivity index (χ0n) is 14.7. The molecule has 0 unspecified atom stereocenters. The number of aromatic nitrogens is 1. The number of likely N-dealkylation sites (tertiary alicyclic amines) is 1. The molecular weight excluding hydrogens is 348 g/mol. The molecule has 7 heteroatoms. The van der Waals surface area contributed by atoms with E-state index < -0.39 is 0 Å². The van der Waals surface area contributed by atoms with Crippen LogP contribution in [-0.2, 0) is 6.54 Å². The first-order valence-electron chi connectivity index (χ1n) is 8.81. The van der Waals surface area contributed by atoms with Gasteiger partial charge in [-0.3, -0.25) is 9.69 Å². The minimum absolute atomic E-state index is 0.0218. The molecule has 2 aromatic heterocycles. The predicted octanol–water partition coefficient (Wildman–Crippen LogP) is 3.17. The van der Waals surface area contributed by atoms with E-state index in [2.05, 4.69) is 15.2 Å². The summed E-state index contributed by atoms with van der Waals surface area (Å²) in [5, 5.41) is 3.71. The Kier molecular flexibility index (Phi) is 4.65. The number of fused-ring (bicyclic) bond motifs is 1. The van der Waals surface area contributed by atoms with Crippen LogP contribution in [0.1, 0.15) is 34.5 Å². The van der Waals surface area contributed by atoms with Crippen molar-refractivity contribution in [1.29, 1.82) is 0 Å². The van der Waals surface area contributed by atoms with E-state index in [1.165, 1.54) is 11.3 Å². The van der Waals surface area contributed by atoms with Gasteiger partial charge in [0.25, 0.3) is 5.91 Å². The fourth-order valence-electron chi connectivity index (χ4n) is 3.47. The number of nitrogens with two attached hydrogens (primary N) is 1. The lowest BCUT2D eigenvalue weighted by atomic mass is 10.0. The highest BCUT2D eigenvalue weighted by atomic mass is 32.1. The summed E-state index contributed by atoms with van der Waals surface area (Å²) in [5.74, 6) is 0.964. The third kappa shape index (κ3) is 3.59. The minimum Gasteiger partial charge on any atom is -0.468 e. The van der Waals surface area contributed by atoms with Gasteiger partial charge in [0, 0.05) is 24.7 Å². The molecule has 4 rings (SSSR count). The monoisotopic (exact) mass is 370 g/mol. The van der Waals surface area contributed by atoms with Crippen LogP contribution in [0.3, 0.4) is 0 Å². The number of rotatable bonds is 4. The van der Waals surface area contributed by atoms with Gasteiger partial charge in [0.1, 0.15) is 5.76 Å². The van der Waals surface area contributed by atoms with Crippen LogP contribution in [0.15, 0.2) is 34.9 Å². The number of aryl methyl sites for hydroxylation is 1. The van der Waals surface area contributed by atoms with Crippen molar-refractivity contribution in [2.45, 2.75) is 32.4 Å². The standard InChI is InChI=1S/C19H22N4O2S/c1-12-9-13(10-16-17(12)22-19(20)26-16)18(24)21-14-4-6-23(7-5-14)11-15-3-2-8-25-15/h2-3,8-10,14H,4-7,11H2,1H3,(H2,20,22)(H,21,24). The number of thiazole rings is 1. The molecule has 6 nitrogen and oxygen atoms in total. The number of nitrogen functional groups attached to an aromatic ring is 1. The molecule has 1 aromatic carbocycles. The van der Waals surface area contributed by atoms with E-state index in [4.69, 9.17) is 10.2 Å². The zero-order valence-corrected chi connectivity index (χ0v) is 15.5. The number of hydrogen-bond donors (Lipinski definition) is 2. The normalized spacial score (nSPS) is 16.2. The summed E-state index contributed by atoms with van der Waals surface area (Å²) in [5.41, 5.74) is 8.33. The largest absolute Gasteiger partial charge is 0.468 e. The van der Waals surface area contributed by atoms with Gasteiger partial charge in [-0.15, -0.1) is 0 Å². The maximum absolute atomic E-state index is 12.7. The second-order valence-electron chi connectivity index (χ2n) is 6.80. The highest BCUT2D eigenvalue weighted by molar-refractivity contribution is 7.22. The third-order valence-electron chi connectivity index (χ3n) is 4.85. The Morgan fingerprint density at radius 2 is 2.23 bits per heavy atom. The van der Waals surface area contributed by atoms with Crippen LogP contribution in [0.25, 0.3) is 10.2 Å². The van der Waals surface area contributed by atoms with Gasteiger partial charge < -0.3 is 15.5 Å². The lowest BCUT2D eigenvalue weighted by Gasteiger charge is -2.31. The van der Waals surface area contributed by atoms with Crippen molar-refractivity contribution in [3.63, 3.8) is 0 Å². The highest BCUT2D eigenvalue weighted by Crippen LogP contribution is 2.27. The number of piperidine rings is 1. The van der Waals surface area contributed by atoms with Crippen LogP contribution in [-0.4, -0.2) is 34.9 Å². The molecule has 1 amide bonds. The molecule has 3 heterocycles. The van der Waals surface area contributed by atoms with Crippen molar-refractivity contribution in [1.82, 2.24) is 15.2 Å². The number of nitrogens with zero attached hydrogens (tertiary/aromatic N) is 2. The van der Waals surface area contributed by atoms with Gasteiger partial charge >= 0.3 is 0 Å². The molecule has 0 spiro atoms. The van der Waals surface area contributed by atoms with Crippen LogP contribution < -0.4 is 11.1 Å². The van der Waals surface area contributed by atoms with Crippen LogP contribution in [0.2, 0.25) is 0 Å². The van der Waals surface area contributed by atoms with Crippen molar-refractivity contribution >= 4 is 32.6 Å². The molecular formula is C19H22N4O2S. The molecule has 26 heavy (non-hydrogen) atoms. The molecule has 0 atom stereocenters. The number of carbonyl (C=O) groups excluding carboxylic acids is 1. The number of carbonyl (C=O) groups is 1. The van der Waals surface area contributed by atoms with Gasteiger partial charge in [-0.05, 0) is 49.6 Å². The number of furan rings is 1. The van der Waals surface area contributed by atoms with Crippen LogP contribution in [0.4, 0.5) is 5.13 Å². The van der Waals surface area contributed by atoms with Gasteiger partial charge in [0.2, 0.25) is 0 Å². The third-order valence-corrected chi connectivity index (χ3v) is 5.68. The van der Waals surface area contributed by atoms with E-state index in [1.807, 2.05) is 31.2 Å².